The SMILES string of the molecule is Nc1ccc(NC(=O)c2cccc(F)c2)c(F)c1. The lowest BCUT2D eigenvalue weighted by Gasteiger charge is -2.07. The first-order chi connectivity index (χ1) is 8.56. The number of nitrogens with one attached hydrogen (secondary N) is 1. The molecule has 2 aromatic rings. The Morgan fingerprint density at radius 3 is 2.56 bits per heavy atom. The van der Waals surface area contributed by atoms with Crippen molar-refractivity contribution in [3.8, 4) is 0 Å². The average Bonchev–Trinajstić information content (AvgIpc) is 2.32. The first-order valence-electron chi connectivity index (χ1n) is 5.18. The largest absolute Gasteiger partial charge is 0.399 e. The highest BCUT2D eigenvalue weighted by molar-refractivity contribution is 6.04. The van der Waals surface area contributed by atoms with E-state index in [-0.39, 0.29) is 16.9 Å². The molecule has 0 fully saturated rings. The average molecular weight is 248 g/mol. The molecule has 0 atom stereocenters. The molecule has 0 aliphatic rings. The number of nitrogen functional groups attached to an aromatic ring is 1. The molecule has 1 amide bonds. The van der Waals surface area contributed by atoms with E-state index in [9.17, 15) is 13.6 Å². The van der Waals surface area contributed by atoms with Gasteiger partial charge in [-0.1, -0.05) is 6.07 Å². The fraction of sp³-hybridized carbons (Fsp3) is 0. The lowest BCUT2D eigenvalue weighted by molar-refractivity contribution is 0.102. The first-order valence-corrected chi connectivity index (χ1v) is 5.18. The van der Waals surface area contributed by atoms with Crippen molar-refractivity contribution in [3.05, 3.63) is 59.7 Å². The predicted molar refractivity (Wildman–Crippen MR) is 65.2 cm³/mol. The molecule has 0 heterocycles. The van der Waals surface area contributed by atoms with Crippen molar-refractivity contribution < 1.29 is 13.6 Å². The highest BCUT2D eigenvalue weighted by atomic mass is 19.1. The van der Waals surface area contributed by atoms with Crippen LogP contribution in [0.1, 0.15) is 10.4 Å². The number of rotatable bonds is 2. The standard InChI is InChI=1S/C13H10F2N2O/c14-9-3-1-2-8(6-9)13(18)17-12-5-4-10(16)7-11(12)15/h1-7H,16H2,(H,17,18). The van der Waals surface area contributed by atoms with Crippen LogP contribution in [0.25, 0.3) is 0 Å². The molecule has 0 saturated carbocycles. The Kier molecular flexibility index (Phi) is 3.23. The van der Waals surface area contributed by atoms with Crippen LogP contribution in [0.2, 0.25) is 0 Å². The summed E-state index contributed by atoms with van der Waals surface area (Å²) in [5.41, 5.74) is 5.76. The number of hydrogen-bond acceptors (Lipinski definition) is 2. The van der Waals surface area contributed by atoms with Gasteiger partial charge in [0.25, 0.3) is 5.91 Å². The second-order valence-electron chi connectivity index (χ2n) is 3.70. The maximum absolute atomic E-state index is 13.4. The van der Waals surface area contributed by atoms with Gasteiger partial charge in [0.2, 0.25) is 0 Å². The van der Waals surface area contributed by atoms with Gasteiger partial charge in [0.05, 0.1) is 5.69 Å². The highest BCUT2D eigenvalue weighted by Gasteiger charge is 2.09. The van der Waals surface area contributed by atoms with Crippen LogP contribution in [-0.4, -0.2) is 5.91 Å². The third-order valence-electron chi connectivity index (χ3n) is 2.33. The molecule has 18 heavy (non-hydrogen) atoms. The Labute approximate surface area is 102 Å². The van der Waals surface area contributed by atoms with Crippen molar-refractivity contribution in [1.82, 2.24) is 0 Å². The third-order valence-corrected chi connectivity index (χ3v) is 2.33. The summed E-state index contributed by atoms with van der Waals surface area (Å²) in [6.07, 6.45) is 0. The minimum Gasteiger partial charge on any atom is -0.399 e. The number of carbonyl (C=O) groups is 1. The summed E-state index contributed by atoms with van der Waals surface area (Å²) in [6.45, 7) is 0. The molecular formula is C13H10F2N2O. The molecule has 0 aromatic heterocycles. The number of amides is 1. The minimum absolute atomic E-state index is 0.00142. The molecule has 0 radical (unpaired) electrons. The molecule has 0 spiro atoms. The normalized spacial score (nSPS) is 10.1. The van der Waals surface area contributed by atoms with E-state index >= 15 is 0 Å². The second kappa shape index (κ2) is 4.83. The Morgan fingerprint density at radius 2 is 1.89 bits per heavy atom. The lowest BCUT2D eigenvalue weighted by Crippen LogP contribution is -2.13. The zero-order valence-electron chi connectivity index (χ0n) is 9.28. The van der Waals surface area contributed by atoms with Crippen LogP contribution < -0.4 is 11.1 Å². The predicted octanol–water partition coefficient (Wildman–Crippen LogP) is 2.80. The van der Waals surface area contributed by atoms with E-state index in [4.69, 9.17) is 5.73 Å². The zero-order chi connectivity index (χ0) is 13.1. The summed E-state index contributed by atoms with van der Waals surface area (Å²) < 4.78 is 26.4. The van der Waals surface area contributed by atoms with Gasteiger partial charge in [-0.3, -0.25) is 4.79 Å². The summed E-state index contributed by atoms with van der Waals surface area (Å²) in [7, 11) is 0. The van der Waals surface area contributed by atoms with Crippen LogP contribution >= 0.6 is 0 Å². The summed E-state index contributed by atoms with van der Waals surface area (Å²) in [4.78, 5) is 11.7. The zero-order valence-corrected chi connectivity index (χ0v) is 9.28. The van der Waals surface area contributed by atoms with Gasteiger partial charge in [-0.05, 0) is 36.4 Å². The van der Waals surface area contributed by atoms with E-state index in [0.29, 0.717) is 0 Å². The van der Waals surface area contributed by atoms with Crippen LogP contribution in [0.3, 0.4) is 0 Å². The van der Waals surface area contributed by atoms with Crippen LogP contribution in [-0.2, 0) is 0 Å². The van der Waals surface area contributed by atoms with Crippen molar-refractivity contribution >= 4 is 17.3 Å². The Bertz CT molecular complexity index is 599. The summed E-state index contributed by atoms with van der Waals surface area (Å²) >= 11 is 0. The number of benzene rings is 2. The second-order valence-corrected chi connectivity index (χ2v) is 3.70. The Hall–Kier alpha value is -2.43. The molecule has 0 unspecified atom stereocenters. The van der Waals surface area contributed by atoms with Gasteiger partial charge in [-0.2, -0.15) is 0 Å². The number of nitrogens with two attached hydrogens (primary N) is 1. The van der Waals surface area contributed by atoms with E-state index < -0.39 is 17.5 Å². The van der Waals surface area contributed by atoms with Gasteiger partial charge in [0, 0.05) is 11.3 Å². The van der Waals surface area contributed by atoms with Crippen molar-refractivity contribution in [2.45, 2.75) is 0 Å². The fourth-order valence-corrected chi connectivity index (χ4v) is 1.46. The third kappa shape index (κ3) is 2.63. The minimum atomic E-state index is -0.639. The number of halogens is 2. The van der Waals surface area contributed by atoms with E-state index in [1.807, 2.05) is 0 Å². The molecule has 5 heteroatoms. The number of hydrogen-bond donors (Lipinski definition) is 2. The van der Waals surface area contributed by atoms with Gasteiger partial charge < -0.3 is 11.1 Å². The van der Waals surface area contributed by atoms with Gasteiger partial charge in [-0.15, -0.1) is 0 Å². The maximum Gasteiger partial charge on any atom is 0.255 e. The first kappa shape index (κ1) is 12.0. The molecule has 3 nitrogen and oxygen atoms in total. The molecule has 0 saturated heterocycles. The molecule has 0 bridgehead atoms. The summed E-state index contributed by atoms with van der Waals surface area (Å²) in [5.74, 6) is -1.75. The topological polar surface area (TPSA) is 55.1 Å². The number of anilines is 2. The van der Waals surface area contributed by atoms with Crippen molar-refractivity contribution in [1.29, 1.82) is 0 Å². The molecule has 92 valence electrons. The summed E-state index contributed by atoms with van der Waals surface area (Å²) in [5, 5.41) is 2.34. The van der Waals surface area contributed by atoms with Crippen LogP contribution in [0, 0.1) is 11.6 Å². The van der Waals surface area contributed by atoms with Crippen LogP contribution in [0.4, 0.5) is 20.2 Å². The van der Waals surface area contributed by atoms with Crippen molar-refractivity contribution in [2.24, 2.45) is 0 Å². The van der Waals surface area contributed by atoms with E-state index in [0.717, 1.165) is 12.1 Å². The van der Waals surface area contributed by atoms with E-state index in [2.05, 4.69) is 5.32 Å². The van der Waals surface area contributed by atoms with Crippen molar-refractivity contribution in [3.63, 3.8) is 0 Å². The fourth-order valence-electron chi connectivity index (χ4n) is 1.46. The van der Waals surface area contributed by atoms with Gasteiger partial charge in [-0.25, -0.2) is 8.78 Å². The smallest absolute Gasteiger partial charge is 0.255 e. The van der Waals surface area contributed by atoms with Gasteiger partial charge >= 0.3 is 0 Å². The highest BCUT2D eigenvalue weighted by Crippen LogP contribution is 2.17. The molecule has 0 aliphatic heterocycles. The quantitative estimate of drug-likeness (QED) is 0.803. The van der Waals surface area contributed by atoms with Gasteiger partial charge in [0.1, 0.15) is 11.6 Å². The van der Waals surface area contributed by atoms with E-state index in [1.54, 1.807) is 0 Å². The van der Waals surface area contributed by atoms with Crippen LogP contribution in [0.15, 0.2) is 42.5 Å². The lowest BCUT2D eigenvalue weighted by atomic mass is 10.2. The summed E-state index contributed by atoms with van der Waals surface area (Å²) in [6, 6.07) is 9.05. The Morgan fingerprint density at radius 1 is 1.11 bits per heavy atom. The Balaban J connectivity index is 2.21. The maximum atomic E-state index is 13.4. The van der Waals surface area contributed by atoms with E-state index in [1.165, 1.54) is 30.3 Å². The van der Waals surface area contributed by atoms with Crippen LogP contribution in [0.5, 0.6) is 0 Å². The molecule has 2 rings (SSSR count). The molecular weight excluding hydrogens is 238 g/mol. The monoisotopic (exact) mass is 248 g/mol. The molecule has 2 aromatic carbocycles. The molecule has 0 aliphatic carbocycles. The number of carbonyl (C=O) groups excluding carboxylic acids is 1. The molecule has 3 N–H and O–H groups in total. The van der Waals surface area contributed by atoms with Gasteiger partial charge in [0.15, 0.2) is 0 Å². The van der Waals surface area contributed by atoms with Crippen molar-refractivity contribution in [2.75, 3.05) is 11.1 Å².